The number of carboxylic acid groups (broad SMARTS) is 1. The molecule has 0 unspecified atom stereocenters. The number of halogens is 2. The highest BCUT2D eigenvalue weighted by molar-refractivity contribution is 6.43. The quantitative estimate of drug-likeness (QED) is 0.690. The molecule has 1 aromatic carbocycles. The van der Waals surface area contributed by atoms with Gasteiger partial charge in [0.25, 0.3) is 5.56 Å². The minimum absolute atomic E-state index is 0.0161. The second kappa shape index (κ2) is 6.50. The Hall–Kier alpha value is -2.78. The van der Waals surface area contributed by atoms with Gasteiger partial charge < -0.3 is 10.4 Å². The fourth-order valence-corrected chi connectivity index (χ4v) is 2.90. The van der Waals surface area contributed by atoms with E-state index in [9.17, 15) is 19.5 Å². The van der Waals surface area contributed by atoms with Crippen molar-refractivity contribution in [1.29, 1.82) is 0 Å². The lowest BCUT2D eigenvalue weighted by Gasteiger charge is -2.10. The third-order valence-electron chi connectivity index (χ3n) is 3.84. The maximum Gasteiger partial charge on any atom is 0.332 e. The fourth-order valence-electron chi connectivity index (χ4n) is 2.55. The van der Waals surface area contributed by atoms with Crippen LogP contribution in [0.1, 0.15) is 0 Å². The van der Waals surface area contributed by atoms with Crippen LogP contribution in [0.5, 0.6) is 0 Å². The molecule has 2 heterocycles. The summed E-state index contributed by atoms with van der Waals surface area (Å²) >= 11 is 12.1. The first-order chi connectivity index (χ1) is 12.2. The van der Waals surface area contributed by atoms with E-state index in [1.54, 1.807) is 18.2 Å². The van der Waals surface area contributed by atoms with Crippen LogP contribution in [0.4, 0.5) is 11.6 Å². The van der Waals surface area contributed by atoms with E-state index in [-0.39, 0.29) is 22.1 Å². The predicted molar refractivity (Wildman–Crippen MR) is 97.6 cm³/mol. The number of aryl methyl sites for hydroxylation is 1. The van der Waals surface area contributed by atoms with Gasteiger partial charge in [-0.1, -0.05) is 29.3 Å². The molecule has 0 bridgehead atoms. The Labute approximate surface area is 156 Å². The molecule has 3 rings (SSSR count). The average molecular weight is 398 g/mol. The third kappa shape index (κ3) is 2.85. The maximum absolute atomic E-state index is 12.5. The van der Waals surface area contributed by atoms with E-state index >= 15 is 0 Å². The summed E-state index contributed by atoms with van der Waals surface area (Å²) in [6, 6.07) is 4.86. The van der Waals surface area contributed by atoms with E-state index in [0.717, 1.165) is 4.57 Å². The Morgan fingerprint density at radius 2 is 1.92 bits per heavy atom. The molecular formula is C15H13Cl2N5O4. The Morgan fingerprint density at radius 3 is 2.58 bits per heavy atom. The van der Waals surface area contributed by atoms with Gasteiger partial charge in [0, 0.05) is 14.1 Å². The molecule has 2 aromatic heterocycles. The Morgan fingerprint density at radius 1 is 1.23 bits per heavy atom. The second-order valence-electron chi connectivity index (χ2n) is 5.52. The monoisotopic (exact) mass is 397 g/mol. The first kappa shape index (κ1) is 18.0. The molecule has 0 aliphatic carbocycles. The van der Waals surface area contributed by atoms with Crippen LogP contribution in [0.25, 0.3) is 11.2 Å². The molecule has 0 radical (unpaired) electrons. The number of carbonyl (C=O) groups is 1. The van der Waals surface area contributed by atoms with Crippen LogP contribution in [0.2, 0.25) is 10.0 Å². The smallest absolute Gasteiger partial charge is 0.332 e. The largest absolute Gasteiger partial charge is 0.480 e. The Balaban J connectivity index is 2.31. The topological polar surface area (TPSA) is 111 Å². The van der Waals surface area contributed by atoms with Crippen molar-refractivity contribution in [3.8, 4) is 0 Å². The number of anilines is 2. The summed E-state index contributed by atoms with van der Waals surface area (Å²) in [5.41, 5.74) is -0.808. The lowest BCUT2D eigenvalue weighted by molar-refractivity contribution is -0.137. The molecule has 0 amide bonds. The lowest BCUT2D eigenvalue weighted by Crippen LogP contribution is -2.37. The van der Waals surface area contributed by atoms with Crippen molar-refractivity contribution in [3.05, 3.63) is 49.1 Å². The van der Waals surface area contributed by atoms with E-state index in [1.165, 1.54) is 23.2 Å². The molecule has 3 aromatic rings. The van der Waals surface area contributed by atoms with Gasteiger partial charge in [-0.05, 0) is 12.1 Å². The molecule has 0 saturated carbocycles. The van der Waals surface area contributed by atoms with Crippen LogP contribution >= 0.6 is 23.2 Å². The molecule has 11 heteroatoms. The highest BCUT2D eigenvalue weighted by atomic mass is 35.5. The molecule has 9 nitrogen and oxygen atoms in total. The number of imidazole rings is 1. The Kier molecular flexibility index (Phi) is 4.51. The molecule has 0 fully saturated rings. The zero-order valence-electron chi connectivity index (χ0n) is 13.7. The van der Waals surface area contributed by atoms with E-state index in [1.807, 2.05) is 0 Å². The SMILES string of the molecule is Cn1c(=O)c2c(nc(Nc3cccc(Cl)c3Cl)n2CC(=O)O)n(C)c1=O. The van der Waals surface area contributed by atoms with E-state index < -0.39 is 23.8 Å². The number of aromatic nitrogens is 4. The predicted octanol–water partition coefficient (Wildman–Crippen LogP) is 1.57. The molecule has 0 saturated heterocycles. The van der Waals surface area contributed by atoms with Crippen molar-refractivity contribution >= 4 is 52.0 Å². The summed E-state index contributed by atoms with van der Waals surface area (Å²) in [7, 11) is 2.75. The number of nitrogens with one attached hydrogen (secondary N) is 1. The number of nitrogens with zero attached hydrogens (tertiary/aromatic N) is 4. The molecule has 0 aliphatic heterocycles. The highest BCUT2D eigenvalue weighted by Gasteiger charge is 2.21. The fraction of sp³-hybridized carbons (Fsp3) is 0.200. The molecule has 136 valence electrons. The van der Waals surface area contributed by atoms with Gasteiger partial charge in [-0.3, -0.25) is 23.3 Å². The van der Waals surface area contributed by atoms with Gasteiger partial charge in [-0.2, -0.15) is 4.98 Å². The zero-order valence-corrected chi connectivity index (χ0v) is 15.2. The number of aliphatic carboxylic acids is 1. The summed E-state index contributed by atoms with van der Waals surface area (Å²) in [5, 5.41) is 12.6. The van der Waals surface area contributed by atoms with E-state index in [4.69, 9.17) is 23.2 Å². The molecule has 2 N–H and O–H groups in total. The lowest BCUT2D eigenvalue weighted by atomic mass is 10.3. The number of rotatable bonds is 4. The summed E-state index contributed by atoms with van der Waals surface area (Å²) in [5.74, 6) is -1.13. The van der Waals surface area contributed by atoms with Crippen molar-refractivity contribution in [3.63, 3.8) is 0 Å². The highest BCUT2D eigenvalue weighted by Crippen LogP contribution is 2.32. The zero-order chi connectivity index (χ0) is 19.2. The maximum atomic E-state index is 12.5. The normalized spacial score (nSPS) is 11.1. The van der Waals surface area contributed by atoms with Crippen LogP contribution in [0.15, 0.2) is 27.8 Å². The summed E-state index contributed by atoms with van der Waals surface area (Å²) in [6.45, 7) is -0.537. The van der Waals surface area contributed by atoms with Gasteiger partial charge in [0.15, 0.2) is 11.2 Å². The van der Waals surface area contributed by atoms with Crippen molar-refractivity contribution in [2.75, 3.05) is 5.32 Å². The van der Waals surface area contributed by atoms with Gasteiger partial charge in [-0.25, -0.2) is 4.79 Å². The van der Waals surface area contributed by atoms with Gasteiger partial charge in [0.2, 0.25) is 5.95 Å². The molecule has 0 aliphatic rings. The van der Waals surface area contributed by atoms with Crippen LogP contribution in [-0.2, 0) is 25.4 Å². The van der Waals surface area contributed by atoms with E-state index in [0.29, 0.717) is 10.7 Å². The summed E-state index contributed by atoms with van der Waals surface area (Å²) in [6.07, 6.45) is 0. The van der Waals surface area contributed by atoms with Gasteiger partial charge >= 0.3 is 11.7 Å². The van der Waals surface area contributed by atoms with Crippen molar-refractivity contribution in [1.82, 2.24) is 18.7 Å². The Bertz CT molecular complexity index is 1160. The van der Waals surface area contributed by atoms with Crippen molar-refractivity contribution < 1.29 is 9.90 Å². The molecule has 0 atom stereocenters. The number of fused-ring (bicyclic) bond motifs is 1. The number of carboxylic acids is 1. The van der Waals surface area contributed by atoms with Crippen LogP contribution in [0, 0.1) is 0 Å². The van der Waals surface area contributed by atoms with Crippen LogP contribution in [0.3, 0.4) is 0 Å². The molecule has 0 spiro atoms. The van der Waals surface area contributed by atoms with Gasteiger partial charge in [0.05, 0.1) is 15.7 Å². The van der Waals surface area contributed by atoms with Gasteiger partial charge in [0.1, 0.15) is 6.54 Å². The van der Waals surface area contributed by atoms with E-state index in [2.05, 4.69) is 10.3 Å². The molecule has 26 heavy (non-hydrogen) atoms. The number of benzene rings is 1. The average Bonchev–Trinajstić information content (AvgIpc) is 2.93. The summed E-state index contributed by atoms with van der Waals surface area (Å²) < 4.78 is 3.23. The first-order valence-electron chi connectivity index (χ1n) is 7.31. The van der Waals surface area contributed by atoms with Crippen LogP contribution in [-0.4, -0.2) is 29.8 Å². The third-order valence-corrected chi connectivity index (χ3v) is 4.66. The number of hydrogen-bond acceptors (Lipinski definition) is 5. The molecular weight excluding hydrogens is 385 g/mol. The second-order valence-corrected chi connectivity index (χ2v) is 6.30. The van der Waals surface area contributed by atoms with Crippen molar-refractivity contribution in [2.45, 2.75) is 6.54 Å². The first-order valence-corrected chi connectivity index (χ1v) is 8.07. The minimum Gasteiger partial charge on any atom is -0.480 e. The minimum atomic E-state index is -1.18. The van der Waals surface area contributed by atoms with Crippen LogP contribution < -0.4 is 16.6 Å². The van der Waals surface area contributed by atoms with Gasteiger partial charge in [-0.15, -0.1) is 0 Å². The standard InChI is InChI=1S/C15H13Cl2N5O4/c1-20-12-11(13(25)21(2)15(20)26)22(6-9(23)24)14(19-12)18-8-5-3-4-7(16)10(8)17/h3-5H,6H2,1-2H3,(H,18,19)(H,23,24). The summed E-state index contributed by atoms with van der Waals surface area (Å²) in [4.78, 5) is 40.1. The number of hydrogen-bond donors (Lipinski definition) is 2. The van der Waals surface area contributed by atoms with Crippen molar-refractivity contribution in [2.24, 2.45) is 14.1 Å².